The zero-order valence-corrected chi connectivity index (χ0v) is 7.62. The number of unbranched alkanes of at least 4 members (excludes halogenated alkanes) is 1. The van der Waals surface area contributed by atoms with Crippen LogP contribution in [-0.2, 0) is 0 Å². The first-order chi connectivity index (χ1) is 3.41. The minimum absolute atomic E-state index is 0. The molecule has 0 aliphatic rings. The van der Waals surface area contributed by atoms with Gasteiger partial charge in [0.25, 0.3) is 0 Å². The Morgan fingerprint density at radius 3 is 2.50 bits per heavy atom. The van der Waals surface area contributed by atoms with Gasteiger partial charge >= 0.3 is 23.1 Å². The maximum absolute atomic E-state index is 3.02. The molecular weight excluding hydrogens is 291 g/mol. The van der Waals surface area contributed by atoms with Crippen LogP contribution in [0.5, 0.6) is 0 Å². The average molecular weight is 299 g/mol. The molecule has 0 spiro atoms. The van der Waals surface area contributed by atoms with Crippen LogP contribution in [0.3, 0.4) is 0 Å². The normalized spacial score (nSPS) is 6.25. The van der Waals surface area contributed by atoms with E-state index in [0.717, 1.165) is 6.42 Å². The highest BCUT2D eigenvalue weighted by atomic mass is 127. The van der Waals surface area contributed by atoms with Crippen LogP contribution in [0.15, 0.2) is 0 Å². The summed E-state index contributed by atoms with van der Waals surface area (Å²) in [5, 5.41) is 0. The van der Waals surface area contributed by atoms with E-state index in [1.165, 1.54) is 10.8 Å². The van der Waals surface area contributed by atoms with Crippen molar-refractivity contribution in [2.45, 2.75) is 12.8 Å². The van der Waals surface area contributed by atoms with Crippen LogP contribution in [0.2, 0.25) is 0 Å². The molecule has 0 aromatic carbocycles. The minimum atomic E-state index is 0. The highest BCUT2D eigenvalue weighted by molar-refractivity contribution is 14.1. The van der Waals surface area contributed by atoms with Crippen LogP contribution in [-0.4, -0.2) is 27.5 Å². The Bertz CT molecular complexity index is 84.2. The molecule has 0 aromatic rings. The van der Waals surface area contributed by atoms with Crippen molar-refractivity contribution in [2.24, 2.45) is 0 Å². The van der Waals surface area contributed by atoms with E-state index in [9.17, 15) is 0 Å². The molecule has 3 heteroatoms. The van der Waals surface area contributed by atoms with Gasteiger partial charge in [-0.05, 0) is 11.3 Å². The SMILES string of the molecule is BrC#CCCCI.[MgH2]. The summed E-state index contributed by atoms with van der Waals surface area (Å²) in [4.78, 5) is 2.66. The van der Waals surface area contributed by atoms with E-state index < -0.39 is 0 Å². The van der Waals surface area contributed by atoms with Gasteiger partial charge in [0.1, 0.15) is 0 Å². The van der Waals surface area contributed by atoms with Gasteiger partial charge < -0.3 is 0 Å². The van der Waals surface area contributed by atoms with E-state index in [2.05, 4.69) is 49.3 Å². The van der Waals surface area contributed by atoms with Crippen LogP contribution in [0.1, 0.15) is 12.8 Å². The molecule has 0 unspecified atom stereocenters. The monoisotopic (exact) mass is 298 g/mol. The van der Waals surface area contributed by atoms with Crippen LogP contribution < -0.4 is 0 Å². The predicted octanol–water partition coefficient (Wildman–Crippen LogP) is 1.64. The molecule has 0 rings (SSSR count). The maximum Gasteiger partial charge on any atom is 0.316 e. The van der Waals surface area contributed by atoms with Gasteiger partial charge in [-0.25, -0.2) is 0 Å². The van der Waals surface area contributed by atoms with E-state index in [-0.39, 0.29) is 23.1 Å². The fourth-order valence-electron chi connectivity index (χ4n) is 0.202. The Morgan fingerprint density at radius 2 is 2.12 bits per heavy atom. The van der Waals surface area contributed by atoms with E-state index in [0.29, 0.717) is 0 Å². The summed E-state index contributed by atoms with van der Waals surface area (Å²) in [7, 11) is 0. The fourth-order valence-corrected chi connectivity index (χ4v) is 0.782. The van der Waals surface area contributed by atoms with E-state index in [1.54, 1.807) is 0 Å². The van der Waals surface area contributed by atoms with Gasteiger partial charge in [-0.1, -0.05) is 28.5 Å². The van der Waals surface area contributed by atoms with E-state index in [1.807, 2.05) is 0 Å². The fraction of sp³-hybridized carbons (Fsp3) is 0.600. The quantitative estimate of drug-likeness (QED) is 0.239. The summed E-state index contributed by atoms with van der Waals surface area (Å²) in [6.07, 6.45) is 2.23. The first kappa shape index (κ1) is 12.2. The minimum Gasteiger partial charge on any atom is -0.0907 e. The summed E-state index contributed by atoms with van der Waals surface area (Å²) < 4.78 is 1.21. The van der Waals surface area contributed by atoms with Gasteiger partial charge in [-0.15, -0.1) is 0 Å². The molecule has 8 heavy (non-hydrogen) atoms. The Kier molecular flexibility index (Phi) is 17.4. The van der Waals surface area contributed by atoms with Gasteiger partial charge in [0.2, 0.25) is 0 Å². The summed E-state index contributed by atoms with van der Waals surface area (Å²) >= 11 is 5.36. The molecule has 0 aliphatic carbocycles. The van der Waals surface area contributed by atoms with E-state index >= 15 is 0 Å². The highest BCUT2D eigenvalue weighted by Gasteiger charge is 1.74. The van der Waals surface area contributed by atoms with Gasteiger partial charge in [-0.3, -0.25) is 0 Å². The first-order valence-electron chi connectivity index (χ1n) is 2.06. The third-order valence-electron chi connectivity index (χ3n) is 0.502. The third-order valence-corrected chi connectivity index (χ3v) is 1.55. The van der Waals surface area contributed by atoms with Crippen LogP contribution in [0, 0.1) is 10.8 Å². The van der Waals surface area contributed by atoms with E-state index in [4.69, 9.17) is 0 Å². The molecule has 0 nitrogen and oxygen atoms in total. The molecule has 0 atom stereocenters. The lowest BCUT2D eigenvalue weighted by molar-refractivity contribution is 1.01. The number of rotatable bonds is 2. The molecular formula is C5H8BrIMg. The summed E-state index contributed by atoms with van der Waals surface area (Å²) in [6, 6.07) is 0. The zero-order valence-electron chi connectivity index (χ0n) is 3.88. The predicted molar refractivity (Wildman–Crippen MR) is 53.4 cm³/mol. The van der Waals surface area contributed by atoms with Gasteiger partial charge in [0.15, 0.2) is 0 Å². The molecule has 0 aliphatic heterocycles. The maximum atomic E-state index is 3.02. The second kappa shape index (κ2) is 11.3. The molecule has 0 radical (unpaired) electrons. The standard InChI is InChI=1S/C5H6BrI.Mg.2H/c6-4-2-1-3-5-7;;;/h1,3,5H2;;;. The van der Waals surface area contributed by atoms with Crippen molar-refractivity contribution in [3.8, 4) is 10.8 Å². The van der Waals surface area contributed by atoms with Crippen LogP contribution in [0.4, 0.5) is 0 Å². The molecule has 0 saturated heterocycles. The van der Waals surface area contributed by atoms with Gasteiger partial charge in [-0.2, -0.15) is 0 Å². The smallest absolute Gasteiger partial charge is 0.0907 e. The summed E-state index contributed by atoms with van der Waals surface area (Å²) in [5.41, 5.74) is 0. The van der Waals surface area contributed by atoms with Crippen molar-refractivity contribution in [3.05, 3.63) is 0 Å². The van der Waals surface area contributed by atoms with Crippen molar-refractivity contribution in [3.63, 3.8) is 0 Å². The van der Waals surface area contributed by atoms with Gasteiger partial charge in [0, 0.05) is 26.8 Å². The Hall–Kier alpha value is 1.54. The molecule has 0 saturated carbocycles. The Balaban J connectivity index is 0. The molecule has 0 amide bonds. The lowest BCUT2D eigenvalue weighted by Crippen LogP contribution is -1.68. The Morgan fingerprint density at radius 1 is 1.50 bits per heavy atom. The molecule has 0 aromatic heterocycles. The van der Waals surface area contributed by atoms with Crippen molar-refractivity contribution in [1.82, 2.24) is 0 Å². The average Bonchev–Trinajstić information content (AvgIpc) is 1.69. The second-order valence-electron chi connectivity index (χ2n) is 1.06. The number of halogens is 2. The topological polar surface area (TPSA) is 0 Å². The van der Waals surface area contributed by atoms with Crippen molar-refractivity contribution in [2.75, 3.05) is 4.43 Å². The molecule has 0 N–H and O–H groups in total. The molecule has 0 fully saturated rings. The van der Waals surface area contributed by atoms with Crippen molar-refractivity contribution < 1.29 is 0 Å². The third kappa shape index (κ3) is 10.5. The lowest BCUT2D eigenvalue weighted by Gasteiger charge is -1.78. The van der Waals surface area contributed by atoms with Crippen molar-refractivity contribution in [1.29, 1.82) is 0 Å². The number of hydrogen-bond donors (Lipinski definition) is 0. The first-order valence-corrected chi connectivity index (χ1v) is 4.38. The van der Waals surface area contributed by atoms with Crippen LogP contribution in [0.25, 0.3) is 0 Å². The molecule has 0 heterocycles. The largest absolute Gasteiger partial charge is 0.316 e. The molecule has 0 bridgehead atoms. The zero-order chi connectivity index (χ0) is 5.54. The summed E-state index contributed by atoms with van der Waals surface area (Å²) in [6.45, 7) is 0. The second-order valence-corrected chi connectivity index (χ2v) is 2.54. The van der Waals surface area contributed by atoms with Gasteiger partial charge in [0.05, 0.1) is 0 Å². The summed E-state index contributed by atoms with van der Waals surface area (Å²) in [5.74, 6) is 2.91. The van der Waals surface area contributed by atoms with Crippen LogP contribution >= 0.6 is 38.5 Å². The Labute approximate surface area is 88.6 Å². The lowest BCUT2D eigenvalue weighted by atomic mass is 10.4. The molecule has 44 valence electrons. The number of hydrogen-bond acceptors (Lipinski definition) is 0. The highest BCUT2D eigenvalue weighted by Crippen LogP contribution is 1.91. The number of alkyl halides is 1. The van der Waals surface area contributed by atoms with Crippen molar-refractivity contribution >= 4 is 61.6 Å².